The number of amides is 2. The highest BCUT2D eigenvalue weighted by molar-refractivity contribution is 6.02. The van der Waals surface area contributed by atoms with Gasteiger partial charge in [0.05, 0.1) is 35.0 Å². The number of aromatic nitrogens is 3. The molecular weight excluding hydrogens is 528 g/mol. The number of hydrogen-bond acceptors (Lipinski definition) is 8. The Morgan fingerprint density at radius 1 is 1.10 bits per heavy atom. The second kappa shape index (κ2) is 10.7. The van der Waals surface area contributed by atoms with Crippen molar-refractivity contribution in [2.24, 2.45) is 0 Å². The summed E-state index contributed by atoms with van der Waals surface area (Å²) in [5.74, 6) is 0.546. The minimum atomic E-state index is -0.622. The van der Waals surface area contributed by atoms with Gasteiger partial charge in [0, 0.05) is 56.5 Å². The van der Waals surface area contributed by atoms with E-state index in [1.807, 2.05) is 61.2 Å². The first-order valence-electron chi connectivity index (χ1n) is 14.2. The van der Waals surface area contributed by atoms with Crippen molar-refractivity contribution in [1.29, 1.82) is 5.26 Å². The zero-order chi connectivity index (χ0) is 29.6. The van der Waals surface area contributed by atoms with Crippen molar-refractivity contribution in [1.82, 2.24) is 25.2 Å². The number of hydrogen-bond donors (Lipinski definition) is 2. The molecule has 2 fully saturated rings. The third kappa shape index (κ3) is 5.12. The summed E-state index contributed by atoms with van der Waals surface area (Å²) in [6, 6.07) is 14.5. The molecule has 0 saturated carbocycles. The van der Waals surface area contributed by atoms with E-state index in [2.05, 4.69) is 26.7 Å². The van der Waals surface area contributed by atoms with Crippen molar-refractivity contribution in [3.8, 4) is 6.07 Å². The fraction of sp³-hybridized carbons (Fsp3) is 0.375. The minimum Gasteiger partial charge on any atom is -0.345 e. The Labute approximate surface area is 245 Å². The summed E-state index contributed by atoms with van der Waals surface area (Å²) in [5, 5.41) is 16.3. The molecule has 42 heavy (non-hydrogen) atoms. The summed E-state index contributed by atoms with van der Waals surface area (Å²) in [6.07, 6.45) is 7.91. The second-order valence-electron chi connectivity index (χ2n) is 12.0. The Morgan fingerprint density at radius 3 is 2.55 bits per heavy atom. The number of nitrogens with one attached hydrogen (secondary N) is 2. The van der Waals surface area contributed by atoms with Gasteiger partial charge in [-0.05, 0) is 56.0 Å². The first kappa shape index (κ1) is 27.5. The van der Waals surface area contributed by atoms with Gasteiger partial charge in [-0.2, -0.15) is 5.26 Å². The molecule has 0 radical (unpaired) electrons. The molecular formula is C32H34N8O2. The number of likely N-dealkylation sites (N-methyl/N-ethyl adjacent to an activating group) is 1. The lowest BCUT2D eigenvalue weighted by molar-refractivity contribution is -0.124. The van der Waals surface area contributed by atoms with Crippen LogP contribution >= 0.6 is 0 Å². The average Bonchev–Trinajstić information content (AvgIpc) is 3.55. The molecule has 4 heterocycles. The van der Waals surface area contributed by atoms with E-state index in [-0.39, 0.29) is 23.8 Å². The summed E-state index contributed by atoms with van der Waals surface area (Å²) < 4.78 is 0. The normalized spacial score (nSPS) is 21.3. The smallest absolute Gasteiger partial charge is 0.250 e. The standard InChI is InChI=1S/C32H34N8O2/c1-32(2,18-33)21-7-5-19(6-8-21)28-25(30(42)39(3)4)13-20-15-35-31(38-29(20)28)37-26-12-11-24(16-34-26)40-17-23-10-9-22(36-23)14-27(40)41/h5-8,11-13,15-16,22-23,28,36H,9-10,14,17H2,1-4H3,(H,34,35,37,38). The van der Waals surface area contributed by atoms with Gasteiger partial charge in [-0.3, -0.25) is 9.59 Å². The van der Waals surface area contributed by atoms with E-state index >= 15 is 0 Å². The van der Waals surface area contributed by atoms with Crippen LogP contribution in [-0.4, -0.2) is 64.4 Å². The van der Waals surface area contributed by atoms with Crippen LogP contribution in [0.5, 0.6) is 0 Å². The number of nitrogens with zero attached hydrogens (tertiary/aromatic N) is 6. The topological polar surface area (TPSA) is 127 Å². The van der Waals surface area contributed by atoms with Crippen LogP contribution in [0, 0.1) is 11.3 Å². The SMILES string of the molecule is CN(C)C(=O)C1=Cc2cnc(Nc3ccc(N4CC5CCC(CC4=O)N5)cn3)nc2C1c1ccc(C(C)(C)C#N)cc1. The van der Waals surface area contributed by atoms with Crippen LogP contribution in [-0.2, 0) is 15.0 Å². The van der Waals surface area contributed by atoms with Crippen molar-refractivity contribution in [2.45, 2.75) is 56.5 Å². The van der Waals surface area contributed by atoms with Gasteiger partial charge in [-0.15, -0.1) is 0 Å². The lowest BCUT2D eigenvalue weighted by Crippen LogP contribution is -2.37. The molecule has 3 aliphatic rings. The highest BCUT2D eigenvalue weighted by Gasteiger charge is 2.35. The number of carbonyl (C=O) groups is 2. The molecule has 2 N–H and O–H groups in total. The first-order valence-corrected chi connectivity index (χ1v) is 14.2. The van der Waals surface area contributed by atoms with Crippen molar-refractivity contribution >= 4 is 35.3 Å². The molecule has 10 heteroatoms. The van der Waals surface area contributed by atoms with Gasteiger partial charge in [0.25, 0.3) is 0 Å². The summed E-state index contributed by atoms with van der Waals surface area (Å²) >= 11 is 0. The quantitative estimate of drug-likeness (QED) is 0.463. The molecule has 3 atom stereocenters. The van der Waals surface area contributed by atoms with Crippen LogP contribution in [0.4, 0.5) is 17.5 Å². The predicted molar refractivity (Wildman–Crippen MR) is 160 cm³/mol. The van der Waals surface area contributed by atoms with E-state index in [0.717, 1.165) is 40.9 Å². The van der Waals surface area contributed by atoms with Crippen molar-refractivity contribution in [3.63, 3.8) is 0 Å². The van der Waals surface area contributed by atoms with E-state index in [9.17, 15) is 14.9 Å². The van der Waals surface area contributed by atoms with Crippen LogP contribution in [0.15, 0.2) is 54.4 Å². The number of carbonyl (C=O) groups excluding carboxylic acids is 2. The van der Waals surface area contributed by atoms with E-state index in [1.165, 1.54) is 0 Å². The van der Waals surface area contributed by atoms with E-state index in [0.29, 0.717) is 36.3 Å². The summed E-state index contributed by atoms with van der Waals surface area (Å²) in [7, 11) is 3.46. The molecule has 1 aliphatic carbocycles. The maximum atomic E-state index is 13.2. The predicted octanol–water partition coefficient (Wildman–Crippen LogP) is 3.89. The van der Waals surface area contributed by atoms with Gasteiger partial charge >= 0.3 is 0 Å². The molecule has 3 aromatic rings. The molecule has 3 unspecified atom stereocenters. The number of rotatable bonds is 6. The number of nitriles is 1. The third-order valence-corrected chi connectivity index (χ3v) is 8.40. The summed E-state index contributed by atoms with van der Waals surface area (Å²) in [4.78, 5) is 43.3. The lowest BCUT2D eigenvalue weighted by Gasteiger charge is -2.24. The van der Waals surface area contributed by atoms with Crippen LogP contribution in [0.3, 0.4) is 0 Å². The zero-order valence-corrected chi connectivity index (χ0v) is 24.3. The van der Waals surface area contributed by atoms with Crippen LogP contribution in [0.1, 0.15) is 61.4 Å². The van der Waals surface area contributed by atoms with Crippen LogP contribution in [0.25, 0.3) is 6.08 Å². The number of anilines is 3. The highest BCUT2D eigenvalue weighted by atomic mass is 16.2. The molecule has 2 saturated heterocycles. The second-order valence-corrected chi connectivity index (χ2v) is 12.0. The van der Waals surface area contributed by atoms with E-state index in [1.54, 1.807) is 31.4 Å². The Balaban J connectivity index is 1.26. The summed E-state index contributed by atoms with van der Waals surface area (Å²) in [5.41, 5.74) is 4.08. The fourth-order valence-electron chi connectivity index (χ4n) is 5.98. The zero-order valence-electron chi connectivity index (χ0n) is 24.3. The van der Waals surface area contributed by atoms with Crippen LogP contribution in [0.2, 0.25) is 0 Å². The Kier molecular flexibility index (Phi) is 6.99. The maximum absolute atomic E-state index is 13.2. The monoisotopic (exact) mass is 562 g/mol. The van der Waals surface area contributed by atoms with Gasteiger partial charge in [-0.1, -0.05) is 24.3 Å². The van der Waals surface area contributed by atoms with Gasteiger partial charge in [0.1, 0.15) is 5.82 Å². The maximum Gasteiger partial charge on any atom is 0.250 e. The highest BCUT2D eigenvalue weighted by Crippen LogP contribution is 2.41. The molecule has 0 spiro atoms. The van der Waals surface area contributed by atoms with Gasteiger partial charge in [0.15, 0.2) is 0 Å². The lowest BCUT2D eigenvalue weighted by atomic mass is 9.84. The molecule has 10 nitrogen and oxygen atoms in total. The molecule has 2 aromatic heterocycles. The number of pyridine rings is 1. The average molecular weight is 563 g/mol. The Hall–Kier alpha value is -4.62. The van der Waals surface area contributed by atoms with Crippen LogP contribution < -0.4 is 15.5 Å². The first-order chi connectivity index (χ1) is 20.1. The fourth-order valence-corrected chi connectivity index (χ4v) is 5.98. The van der Waals surface area contributed by atoms with Crippen molar-refractivity contribution < 1.29 is 9.59 Å². The molecule has 2 amide bonds. The Bertz CT molecular complexity index is 1600. The molecule has 1 aromatic carbocycles. The number of fused-ring (bicyclic) bond motifs is 3. The van der Waals surface area contributed by atoms with Gasteiger partial charge < -0.3 is 20.4 Å². The van der Waals surface area contributed by atoms with Crippen molar-refractivity contribution in [3.05, 3.63) is 76.7 Å². The minimum absolute atomic E-state index is 0.0994. The van der Waals surface area contributed by atoms with E-state index < -0.39 is 5.41 Å². The third-order valence-electron chi connectivity index (χ3n) is 8.40. The number of benzene rings is 1. The van der Waals surface area contributed by atoms with Gasteiger partial charge in [-0.25, -0.2) is 15.0 Å². The van der Waals surface area contributed by atoms with E-state index in [4.69, 9.17) is 4.98 Å². The molecule has 6 rings (SSSR count). The Morgan fingerprint density at radius 2 is 1.86 bits per heavy atom. The molecule has 214 valence electrons. The summed E-state index contributed by atoms with van der Waals surface area (Å²) in [6.45, 7) is 4.41. The van der Waals surface area contributed by atoms with Crippen molar-refractivity contribution in [2.75, 3.05) is 30.9 Å². The molecule has 2 bridgehead atoms. The molecule has 2 aliphatic heterocycles. The van der Waals surface area contributed by atoms with Gasteiger partial charge in [0.2, 0.25) is 17.8 Å². The largest absolute Gasteiger partial charge is 0.345 e.